The molecule has 0 saturated heterocycles. The summed E-state index contributed by atoms with van der Waals surface area (Å²) >= 11 is 3.41. The van der Waals surface area contributed by atoms with E-state index in [-0.39, 0.29) is 11.3 Å². The number of rotatable bonds is 4. The van der Waals surface area contributed by atoms with Gasteiger partial charge in [0.25, 0.3) is 11.6 Å². The third-order valence-corrected chi connectivity index (χ3v) is 3.94. The molecule has 0 aliphatic carbocycles. The minimum Gasteiger partial charge on any atom is -0.306 e. The van der Waals surface area contributed by atoms with Crippen LogP contribution < -0.4 is 5.32 Å². The number of nitrogens with zero attached hydrogens (tertiary/aromatic N) is 3. The molecule has 0 aliphatic rings. The second-order valence-electron chi connectivity index (χ2n) is 5.32. The minimum absolute atomic E-state index is 0.135. The predicted octanol–water partition coefficient (Wildman–Crippen LogP) is 4.10. The first-order valence-corrected chi connectivity index (χ1v) is 8.12. The number of nitro groups is 1. The Morgan fingerprint density at radius 1 is 1.20 bits per heavy atom. The van der Waals surface area contributed by atoms with Crippen LogP contribution in [0.25, 0.3) is 5.69 Å². The summed E-state index contributed by atoms with van der Waals surface area (Å²) in [4.78, 5) is 22.8. The number of halogens is 1. The van der Waals surface area contributed by atoms with Crippen molar-refractivity contribution in [3.05, 3.63) is 80.4 Å². The molecule has 8 heteroatoms. The highest BCUT2D eigenvalue weighted by molar-refractivity contribution is 9.10. The molecular formula is C17H13BrN4O3. The number of hydrogen-bond donors (Lipinski definition) is 1. The topological polar surface area (TPSA) is 90.1 Å². The van der Waals surface area contributed by atoms with Gasteiger partial charge in [0, 0.05) is 28.2 Å². The first-order valence-electron chi connectivity index (χ1n) is 7.32. The first kappa shape index (κ1) is 16.8. The fourth-order valence-corrected chi connectivity index (χ4v) is 2.73. The van der Waals surface area contributed by atoms with Crippen molar-refractivity contribution in [3.8, 4) is 5.69 Å². The highest BCUT2D eigenvalue weighted by Crippen LogP contribution is 2.21. The summed E-state index contributed by atoms with van der Waals surface area (Å²) in [5.41, 5.74) is 1.57. The zero-order valence-corrected chi connectivity index (χ0v) is 14.7. The van der Waals surface area contributed by atoms with Gasteiger partial charge in [-0.1, -0.05) is 28.1 Å². The Kier molecular flexibility index (Phi) is 4.62. The third kappa shape index (κ3) is 3.74. The number of aromatic nitrogens is 2. The smallest absolute Gasteiger partial charge is 0.270 e. The highest BCUT2D eigenvalue weighted by atomic mass is 79.9. The van der Waals surface area contributed by atoms with Gasteiger partial charge in [-0.15, -0.1) is 0 Å². The highest BCUT2D eigenvalue weighted by Gasteiger charge is 2.15. The van der Waals surface area contributed by atoms with Gasteiger partial charge in [-0.05, 0) is 31.2 Å². The number of nitro benzene ring substituents is 1. The van der Waals surface area contributed by atoms with Gasteiger partial charge < -0.3 is 5.32 Å². The van der Waals surface area contributed by atoms with E-state index < -0.39 is 10.8 Å². The van der Waals surface area contributed by atoms with Crippen LogP contribution in [0.2, 0.25) is 0 Å². The Balaban J connectivity index is 1.92. The number of amides is 1. The molecule has 1 aromatic heterocycles. The molecule has 0 aliphatic heterocycles. The van der Waals surface area contributed by atoms with Gasteiger partial charge in [-0.3, -0.25) is 14.9 Å². The summed E-state index contributed by atoms with van der Waals surface area (Å²) < 4.78 is 2.49. The second kappa shape index (κ2) is 6.86. The number of benzene rings is 2. The SMILES string of the molecule is Cc1cc(NC(=O)c2cccc([N+](=O)[O-])c2)n(-c2cccc(Br)c2)n1. The summed E-state index contributed by atoms with van der Waals surface area (Å²) in [6, 6.07) is 14.8. The maximum Gasteiger partial charge on any atom is 0.270 e. The maximum atomic E-state index is 12.5. The molecule has 2 aromatic carbocycles. The maximum absolute atomic E-state index is 12.5. The normalized spacial score (nSPS) is 10.5. The molecule has 3 rings (SSSR count). The van der Waals surface area contributed by atoms with Crippen molar-refractivity contribution in [1.82, 2.24) is 9.78 Å². The Morgan fingerprint density at radius 3 is 2.68 bits per heavy atom. The molecule has 1 N–H and O–H groups in total. The first-order chi connectivity index (χ1) is 11.9. The lowest BCUT2D eigenvalue weighted by molar-refractivity contribution is -0.384. The van der Waals surface area contributed by atoms with E-state index in [2.05, 4.69) is 26.3 Å². The fraction of sp³-hybridized carbons (Fsp3) is 0.0588. The van der Waals surface area contributed by atoms with E-state index in [0.717, 1.165) is 15.9 Å². The quantitative estimate of drug-likeness (QED) is 0.527. The van der Waals surface area contributed by atoms with Crippen LogP contribution in [0.15, 0.2) is 59.1 Å². The molecule has 1 amide bonds. The fourth-order valence-electron chi connectivity index (χ4n) is 2.34. The number of carbonyl (C=O) groups is 1. The number of anilines is 1. The van der Waals surface area contributed by atoms with Gasteiger partial charge in [0.1, 0.15) is 5.82 Å². The molecule has 25 heavy (non-hydrogen) atoms. The monoisotopic (exact) mass is 400 g/mol. The van der Waals surface area contributed by atoms with Crippen LogP contribution >= 0.6 is 15.9 Å². The Bertz CT molecular complexity index is 968. The number of aryl methyl sites for hydroxylation is 1. The largest absolute Gasteiger partial charge is 0.306 e. The number of carbonyl (C=O) groups excluding carboxylic acids is 1. The van der Waals surface area contributed by atoms with Crippen molar-refractivity contribution in [2.45, 2.75) is 6.92 Å². The van der Waals surface area contributed by atoms with Crippen LogP contribution in [0.5, 0.6) is 0 Å². The van der Waals surface area contributed by atoms with E-state index in [0.29, 0.717) is 5.82 Å². The van der Waals surface area contributed by atoms with Gasteiger partial charge in [0.15, 0.2) is 0 Å². The van der Waals surface area contributed by atoms with Crippen molar-refractivity contribution >= 4 is 33.3 Å². The second-order valence-corrected chi connectivity index (χ2v) is 6.24. The summed E-state index contributed by atoms with van der Waals surface area (Å²) in [5, 5.41) is 18.0. The molecule has 0 spiro atoms. The lowest BCUT2D eigenvalue weighted by Crippen LogP contribution is -2.15. The standard InChI is InChI=1S/C17H13BrN4O3/c1-11-8-16(21(20-11)14-6-3-5-13(18)10-14)19-17(23)12-4-2-7-15(9-12)22(24)25/h2-10H,1H3,(H,19,23). The van der Waals surface area contributed by atoms with Gasteiger partial charge in [-0.2, -0.15) is 5.10 Å². The predicted molar refractivity (Wildman–Crippen MR) is 97.1 cm³/mol. The zero-order chi connectivity index (χ0) is 18.0. The summed E-state index contributed by atoms with van der Waals surface area (Å²) in [7, 11) is 0. The Hall–Kier alpha value is -3.00. The van der Waals surface area contributed by atoms with E-state index in [1.165, 1.54) is 24.3 Å². The minimum atomic E-state index is -0.535. The van der Waals surface area contributed by atoms with Crippen molar-refractivity contribution in [2.24, 2.45) is 0 Å². The van der Waals surface area contributed by atoms with E-state index in [9.17, 15) is 14.9 Å². The van der Waals surface area contributed by atoms with Crippen LogP contribution in [-0.2, 0) is 0 Å². The molecular weight excluding hydrogens is 388 g/mol. The van der Waals surface area contributed by atoms with Crippen molar-refractivity contribution < 1.29 is 9.72 Å². The number of nitrogens with one attached hydrogen (secondary N) is 1. The Morgan fingerprint density at radius 2 is 1.96 bits per heavy atom. The van der Waals surface area contributed by atoms with Gasteiger partial charge in [-0.25, -0.2) is 4.68 Å². The van der Waals surface area contributed by atoms with E-state index in [1.807, 2.05) is 31.2 Å². The van der Waals surface area contributed by atoms with Gasteiger partial charge in [0.2, 0.25) is 0 Å². The molecule has 0 atom stereocenters. The van der Waals surface area contributed by atoms with Crippen molar-refractivity contribution in [1.29, 1.82) is 0 Å². The van der Waals surface area contributed by atoms with Crippen LogP contribution in [0.1, 0.15) is 16.1 Å². The van der Waals surface area contributed by atoms with E-state index >= 15 is 0 Å². The van der Waals surface area contributed by atoms with Gasteiger partial charge >= 0.3 is 0 Å². The van der Waals surface area contributed by atoms with Crippen LogP contribution in [0.3, 0.4) is 0 Å². The third-order valence-electron chi connectivity index (χ3n) is 3.45. The molecule has 7 nitrogen and oxygen atoms in total. The lowest BCUT2D eigenvalue weighted by Gasteiger charge is -2.09. The molecule has 0 fully saturated rings. The molecule has 126 valence electrons. The van der Waals surface area contributed by atoms with Crippen LogP contribution in [0, 0.1) is 17.0 Å². The average Bonchev–Trinajstić information content (AvgIpc) is 2.95. The lowest BCUT2D eigenvalue weighted by atomic mass is 10.2. The zero-order valence-electron chi connectivity index (χ0n) is 13.1. The van der Waals surface area contributed by atoms with Crippen molar-refractivity contribution in [2.75, 3.05) is 5.32 Å². The molecule has 0 unspecified atom stereocenters. The molecule has 0 saturated carbocycles. The van der Waals surface area contributed by atoms with E-state index in [1.54, 1.807) is 10.7 Å². The molecule has 0 bridgehead atoms. The summed E-state index contributed by atoms with van der Waals surface area (Å²) in [5.74, 6) is 0.0342. The molecule has 0 radical (unpaired) electrons. The number of non-ortho nitro benzene ring substituents is 1. The molecule has 3 aromatic rings. The average molecular weight is 401 g/mol. The summed E-state index contributed by atoms with van der Waals surface area (Å²) in [6.45, 7) is 1.82. The van der Waals surface area contributed by atoms with Crippen molar-refractivity contribution in [3.63, 3.8) is 0 Å². The Labute approximate surface area is 151 Å². The van der Waals surface area contributed by atoms with Gasteiger partial charge in [0.05, 0.1) is 16.3 Å². The van der Waals surface area contributed by atoms with Crippen LogP contribution in [0.4, 0.5) is 11.5 Å². The van der Waals surface area contributed by atoms with E-state index in [4.69, 9.17) is 0 Å². The molecule has 1 heterocycles. The summed E-state index contributed by atoms with van der Waals surface area (Å²) in [6.07, 6.45) is 0. The number of hydrogen-bond acceptors (Lipinski definition) is 4. The van der Waals surface area contributed by atoms with Crippen LogP contribution in [-0.4, -0.2) is 20.6 Å².